The van der Waals surface area contributed by atoms with E-state index in [9.17, 15) is 14.4 Å². The van der Waals surface area contributed by atoms with E-state index in [2.05, 4.69) is 10.5 Å². The van der Waals surface area contributed by atoms with Crippen LogP contribution >= 0.6 is 0 Å². The van der Waals surface area contributed by atoms with E-state index in [-0.39, 0.29) is 6.54 Å². The SMILES string of the molecule is O=C1NC(=O)C2(C=NNC2)C(=O)N1. The van der Waals surface area contributed by atoms with Gasteiger partial charge in [0.15, 0.2) is 5.41 Å². The summed E-state index contributed by atoms with van der Waals surface area (Å²) in [5, 5.41) is 7.58. The summed E-state index contributed by atoms with van der Waals surface area (Å²) in [5.74, 6) is -1.29. The average molecular weight is 182 g/mol. The van der Waals surface area contributed by atoms with Crippen LogP contribution in [0.1, 0.15) is 0 Å². The highest BCUT2D eigenvalue weighted by atomic mass is 16.2. The smallest absolute Gasteiger partial charge is 0.308 e. The number of hydrogen-bond donors (Lipinski definition) is 3. The molecule has 2 aliphatic heterocycles. The van der Waals surface area contributed by atoms with Crippen LogP contribution in [0.15, 0.2) is 5.10 Å². The molecule has 0 bridgehead atoms. The van der Waals surface area contributed by atoms with Crippen molar-refractivity contribution in [2.45, 2.75) is 0 Å². The first kappa shape index (κ1) is 7.71. The lowest BCUT2D eigenvalue weighted by Gasteiger charge is -2.26. The minimum absolute atomic E-state index is 0.0813. The molecular weight excluding hydrogens is 176 g/mol. The number of amides is 4. The van der Waals surface area contributed by atoms with Crippen LogP contribution < -0.4 is 16.1 Å². The van der Waals surface area contributed by atoms with Crippen molar-refractivity contribution in [1.82, 2.24) is 16.1 Å². The number of hydrogen-bond acceptors (Lipinski definition) is 5. The number of carbonyl (C=O) groups is 3. The predicted octanol–water partition coefficient (Wildman–Crippen LogP) is -2.07. The normalized spacial score (nSPS) is 24.2. The Hall–Kier alpha value is -1.92. The second kappa shape index (κ2) is 2.28. The summed E-state index contributed by atoms with van der Waals surface area (Å²) in [6.07, 6.45) is 1.20. The number of imide groups is 2. The van der Waals surface area contributed by atoms with E-state index < -0.39 is 23.3 Å². The van der Waals surface area contributed by atoms with Gasteiger partial charge in [-0.2, -0.15) is 5.10 Å². The van der Waals surface area contributed by atoms with E-state index >= 15 is 0 Å². The Kier molecular flexibility index (Phi) is 1.35. The van der Waals surface area contributed by atoms with Crippen LogP contribution in [0.4, 0.5) is 4.79 Å². The van der Waals surface area contributed by atoms with Crippen LogP contribution in [0.25, 0.3) is 0 Å². The Morgan fingerprint density at radius 1 is 1.23 bits per heavy atom. The molecule has 2 aliphatic rings. The molecule has 68 valence electrons. The zero-order chi connectivity index (χ0) is 9.47. The summed E-state index contributed by atoms with van der Waals surface area (Å²) >= 11 is 0. The first-order chi connectivity index (χ1) is 6.15. The van der Waals surface area contributed by atoms with Gasteiger partial charge in [0.2, 0.25) is 0 Å². The van der Waals surface area contributed by atoms with Crippen LogP contribution in [-0.4, -0.2) is 30.6 Å². The molecule has 0 radical (unpaired) electrons. The second-order valence-electron chi connectivity index (χ2n) is 2.80. The van der Waals surface area contributed by atoms with Gasteiger partial charge < -0.3 is 5.43 Å². The summed E-state index contributed by atoms with van der Waals surface area (Å²) < 4.78 is 0. The van der Waals surface area contributed by atoms with Crippen molar-refractivity contribution in [2.24, 2.45) is 10.5 Å². The first-order valence-electron chi connectivity index (χ1n) is 3.59. The summed E-state index contributed by atoms with van der Waals surface area (Å²) in [6, 6.07) is -0.791. The van der Waals surface area contributed by atoms with Crippen molar-refractivity contribution in [2.75, 3.05) is 6.54 Å². The summed E-state index contributed by atoms with van der Waals surface area (Å²) in [6.45, 7) is 0.0813. The second-order valence-corrected chi connectivity index (χ2v) is 2.80. The molecule has 2 heterocycles. The molecule has 1 spiro atoms. The highest BCUT2D eigenvalue weighted by molar-refractivity contribution is 6.27. The molecule has 0 aromatic heterocycles. The monoisotopic (exact) mass is 182 g/mol. The van der Waals surface area contributed by atoms with Crippen molar-refractivity contribution in [3.63, 3.8) is 0 Å². The molecule has 0 aliphatic carbocycles. The molecule has 1 saturated heterocycles. The molecule has 0 aromatic carbocycles. The highest BCUT2D eigenvalue weighted by Crippen LogP contribution is 2.19. The maximum atomic E-state index is 11.3. The van der Waals surface area contributed by atoms with Crippen LogP contribution in [0.5, 0.6) is 0 Å². The third kappa shape index (κ3) is 0.897. The zero-order valence-corrected chi connectivity index (χ0v) is 6.46. The van der Waals surface area contributed by atoms with Gasteiger partial charge in [0.25, 0.3) is 11.8 Å². The summed E-state index contributed by atoms with van der Waals surface area (Å²) in [5.41, 5.74) is 1.14. The number of urea groups is 1. The lowest BCUT2D eigenvalue weighted by atomic mass is 9.87. The lowest BCUT2D eigenvalue weighted by molar-refractivity contribution is -0.138. The Morgan fingerprint density at radius 2 is 1.85 bits per heavy atom. The quantitative estimate of drug-likeness (QED) is 0.374. The van der Waals surface area contributed by atoms with Gasteiger partial charge >= 0.3 is 6.03 Å². The summed E-state index contributed by atoms with van der Waals surface area (Å²) in [7, 11) is 0. The third-order valence-corrected chi connectivity index (χ3v) is 2.00. The minimum atomic E-state index is -1.35. The Bertz CT molecular complexity index is 315. The topological polar surface area (TPSA) is 99.7 Å². The van der Waals surface area contributed by atoms with Crippen molar-refractivity contribution in [3.05, 3.63) is 0 Å². The molecule has 0 saturated carbocycles. The Morgan fingerprint density at radius 3 is 2.31 bits per heavy atom. The average Bonchev–Trinajstić information content (AvgIpc) is 2.50. The molecule has 0 atom stereocenters. The zero-order valence-electron chi connectivity index (χ0n) is 6.46. The molecular formula is C6H6N4O3. The number of nitrogens with one attached hydrogen (secondary N) is 3. The van der Waals surface area contributed by atoms with Gasteiger partial charge in [0.1, 0.15) is 0 Å². The number of nitrogens with zero attached hydrogens (tertiary/aromatic N) is 1. The molecule has 0 unspecified atom stereocenters. The van der Waals surface area contributed by atoms with Crippen LogP contribution in [0.2, 0.25) is 0 Å². The van der Waals surface area contributed by atoms with E-state index in [1.165, 1.54) is 6.21 Å². The molecule has 7 heteroatoms. The number of rotatable bonds is 0. The molecule has 4 amide bonds. The summed E-state index contributed by atoms with van der Waals surface area (Å²) in [4.78, 5) is 33.3. The standard InChI is InChI=1S/C6H6N4O3/c11-3-6(1-7-8-2-6)4(12)10-5(13)9-3/h1,8H,2H2,(H2,9,10,11,12,13). The highest BCUT2D eigenvalue weighted by Gasteiger charge is 2.51. The van der Waals surface area contributed by atoms with E-state index in [0.717, 1.165) is 0 Å². The Labute approximate surface area is 72.6 Å². The molecule has 13 heavy (non-hydrogen) atoms. The Balaban J connectivity index is 2.37. The van der Waals surface area contributed by atoms with Crippen LogP contribution in [-0.2, 0) is 9.59 Å². The predicted molar refractivity (Wildman–Crippen MR) is 40.6 cm³/mol. The first-order valence-corrected chi connectivity index (χ1v) is 3.59. The van der Waals surface area contributed by atoms with E-state index in [0.29, 0.717) is 0 Å². The maximum Gasteiger partial charge on any atom is 0.328 e. The van der Waals surface area contributed by atoms with E-state index in [4.69, 9.17) is 0 Å². The molecule has 1 fully saturated rings. The van der Waals surface area contributed by atoms with Gasteiger partial charge in [-0.1, -0.05) is 0 Å². The number of barbiturate groups is 1. The van der Waals surface area contributed by atoms with Crippen LogP contribution in [0.3, 0.4) is 0 Å². The minimum Gasteiger partial charge on any atom is -0.308 e. The largest absolute Gasteiger partial charge is 0.328 e. The van der Waals surface area contributed by atoms with E-state index in [1.807, 2.05) is 10.6 Å². The fourth-order valence-corrected chi connectivity index (χ4v) is 1.21. The van der Waals surface area contributed by atoms with Gasteiger partial charge in [-0.15, -0.1) is 0 Å². The fraction of sp³-hybridized carbons (Fsp3) is 0.333. The van der Waals surface area contributed by atoms with Gasteiger partial charge in [-0.05, 0) is 0 Å². The van der Waals surface area contributed by atoms with Gasteiger partial charge in [-0.3, -0.25) is 20.2 Å². The van der Waals surface area contributed by atoms with Crippen molar-refractivity contribution < 1.29 is 14.4 Å². The maximum absolute atomic E-state index is 11.3. The number of hydrazone groups is 1. The van der Waals surface area contributed by atoms with E-state index in [1.54, 1.807) is 0 Å². The van der Waals surface area contributed by atoms with Crippen LogP contribution in [0, 0.1) is 5.41 Å². The molecule has 3 N–H and O–H groups in total. The van der Waals surface area contributed by atoms with Gasteiger partial charge in [0, 0.05) is 0 Å². The van der Waals surface area contributed by atoms with Crippen molar-refractivity contribution in [3.8, 4) is 0 Å². The molecule has 2 rings (SSSR count). The third-order valence-electron chi connectivity index (χ3n) is 2.00. The van der Waals surface area contributed by atoms with Crippen molar-refractivity contribution in [1.29, 1.82) is 0 Å². The fourth-order valence-electron chi connectivity index (χ4n) is 1.21. The molecule has 7 nitrogen and oxygen atoms in total. The van der Waals surface area contributed by atoms with Gasteiger partial charge in [-0.25, -0.2) is 4.79 Å². The molecule has 0 aromatic rings. The van der Waals surface area contributed by atoms with Crippen molar-refractivity contribution >= 4 is 24.1 Å². The van der Waals surface area contributed by atoms with Gasteiger partial charge in [0.05, 0.1) is 12.8 Å². The number of carbonyl (C=O) groups excluding carboxylic acids is 3. The lowest BCUT2D eigenvalue weighted by Crippen LogP contribution is -2.64.